The first-order valence-electron chi connectivity index (χ1n) is 11.4. The molecule has 0 aliphatic carbocycles. The highest BCUT2D eigenvalue weighted by Gasteiger charge is 2.36. The van der Waals surface area contributed by atoms with E-state index >= 15 is 0 Å². The van der Waals surface area contributed by atoms with Gasteiger partial charge in [0.25, 0.3) is 0 Å². The zero-order chi connectivity index (χ0) is 23.9. The van der Waals surface area contributed by atoms with Crippen LogP contribution in [0.1, 0.15) is 36.5 Å². The van der Waals surface area contributed by atoms with E-state index in [-0.39, 0.29) is 11.8 Å². The highest BCUT2D eigenvalue weighted by atomic mass is 16.2. The van der Waals surface area contributed by atoms with Gasteiger partial charge in [-0.2, -0.15) is 0 Å². The minimum absolute atomic E-state index is 0.191. The van der Waals surface area contributed by atoms with E-state index in [4.69, 9.17) is 0 Å². The SMILES string of the molecule is CC1=C(C(=O)NCc2ccccc2)C(c2ccccc2)C(C(=O)NCc2ccccc2)=C(C)N1. The van der Waals surface area contributed by atoms with E-state index in [1.165, 1.54) is 0 Å². The average molecular weight is 452 g/mol. The Balaban J connectivity index is 1.63. The summed E-state index contributed by atoms with van der Waals surface area (Å²) in [7, 11) is 0. The van der Waals surface area contributed by atoms with Crippen molar-refractivity contribution < 1.29 is 9.59 Å². The molecule has 3 aromatic carbocycles. The average Bonchev–Trinajstić information content (AvgIpc) is 2.87. The molecule has 0 atom stereocenters. The summed E-state index contributed by atoms with van der Waals surface area (Å²) < 4.78 is 0. The van der Waals surface area contributed by atoms with Gasteiger partial charge in [0.1, 0.15) is 0 Å². The standard InChI is InChI=1S/C29H29N3O2/c1-20-25(28(33)30-18-22-12-6-3-7-13-22)27(24-16-10-5-11-17-24)26(21(2)32-20)29(34)31-19-23-14-8-4-9-15-23/h3-17,27,32H,18-19H2,1-2H3,(H,30,33)(H,31,34). The topological polar surface area (TPSA) is 70.2 Å². The summed E-state index contributed by atoms with van der Waals surface area (Å²) >= 11 is 0. The Kier molecular flexibility index (Phi) is 7.23. The fraction of sp³-hybridized carbons (Fsp3) is 0.172. The molecule has 0 saturated heterocycles. The van der Waals surface area contributed by atoms with Crippen molar-refractivity contribution in [1.82, 2.24) is 16.0 Å². The van der Waals surface area contributed by atoms with Gasteiger partial charge in [-0.1, -0.05) is 91.0 Å². The Morgan fingerprint density at radius 1 is 0.647 bits per heavy atom. The summed E-state index contributed by atoms with van der Waals surface area (Å²) in [5.41, 5.74) is 5.53. The van der Waals surface area contributed by atoms with Crippen LogP contribution in [0, 0.1) is 0 Å². The summed E-state index contributed by atoms with van der Waals surface area (Å²) in [5.74, 6) is -0.860. The van der Waals surface area contributed by atoms with E-state index in [1.807, 2.05) is 105 Å². The van der Waals surface area contributed by atoms with E-state index in [0.717, 1.165) is 28.1 Å². The van der Waals surface area contributed by atoms with Gasteiger partial charge in [-0.05, 0) is 30.5 Å². The van der Waals surface area contributed by atoms with Crippen molar-refractivity contribution in [1.29, 1.82) is 0 Å². The van der Waals surface area contributed by atoms with Crippen molar-refractivity contribution in [2.24, 2.45) is 0 Å². The molecule has 1 heterocycles. The van der Waals surface area contributed by atoms with Crippen LogP contribution < -0.4 is 16.0 Å². The molecular weight excluding hydrogens is 422 g/mol. The third kappa shape index (κ3) is 5.26. The van der Waals surface area contributed by atoms with Crippen LogP contribution in [0.25, 0.3) is 0 Å². The molecule has 0 spiro atoms. The molecular formula is C29H29N3O2. The molecule has 1 aliphatic heterocycles. The highest BCUT2D eigenvalue weighted by Crippen LogP contribution is 2.38. The lowest BCUT2D eigenvalue weighted by Crippen LogP contribution is -2.38. The van der Waals surface area contributed by atoms with Gasteiger partial charge in [-0.15, -0.1) is 0 Å². The van der Waals surface area contributed by atoms with E-state index in [2.05, 4.69) is 16.0 Å². The van der Waals surface area contributed by atoms with Crippen molar-refractivity contribution in [3.05, 3.63) is 130 Å². The normalized spacial score (nSPS) is 13.9. The number of dihydropyridines is 1. The Bertz CT molecular complexity index is 1140. The molecule has 2 amide bonds. The van der Waals surface area contributed by atoms with Crippen LogP contribution in [0.15, 0.2) is 114 Å². The molecule has 0 saturated carbocycles. The molecule has 0 radical (unpaired) electrons. The molecule has 0 fully saturated rings. The number of amides is 2. The second-order valence-electron chi connectivity index (χ2n) is 8.38. The maximum absolute atomic E-state index is 13.5. The summed E-state index contributed by atoms with van der Waals surface area (Å²) in [6.07, 6.45) is 0. The minimum Gasteiger partial charge on any atom is -0.362 e. The van der Waals surface area contributed by atoms with Gasteiger partial charge >= 0.3 is 0 Å². The Morgan fingerprint density at radius 3 is 1.44 bits per heavy atom. The molecule has 3 aromatic rings. The van der Waals surface area contributed by atoms with Crippen molar-refractivity contribution in [3.8, 4) is 0 Å². The predicted octanol–water partition coefficient (Wildman–Crippen LogP) is 4.55. The summed E-state index contributed by atoms with van der Waals surface area (Å²) in [6, 6.07) is 29.3. The van der Waals surface area contributed by atoms with Crippen LogP contribution in [0.2, 0.25) is 0 Å². The number of allylic oxidation sites excluding steroid dienone is 2. The fourth-order valence-corrected chi connectivity index (χ4v) is 4.32. The molecule has 172 valence electrons. The predicted molar refractivity (Wildman–Crippen MR) is 134 cm³/mol. The van der Waals surface area contributed by atoms with Crippen LogP contribution in [0.3, 0.4) is 0 Å². The zero-order valence-electron chi connectivity index (χ0n) is 19.5. The number of carbonyl (C=O) groups excluding carboxylic acids is 2. The van der Waals surface area contributed by atoms with Gasteiger partial charge in [0.2, 0.25) is 11.8 Å². The molecule has 1 aliphatic rings. The van der Waals surface area contributed by atoms with Gasteiger partial charge in [-0.3, -0.25) is 9.59 Å². The van der Waals surface area contributed by atoms with Gasteiger partial charge < -0.3 is 16.0 Å². The zero-order valence-corrected chi connectivity index (χ0v) is 19.5. The number of carbonyl (C=O) groups is 2. The van der Waals surface area contributed by atoms with Gasteiger partial charge in [-0.25, -0.2) is 0 Å². The third-order valence-corrected chi connectivity index (χ3v) is 5.97. The largest absolute Gasteiger partial charge is 0.362 e. The molecule has 3 N–H and O–H groups in total. The van der Waals surface area contributed by atoms with Crippen molar-refractivity contribution in [3.63, 3.8) is 0 Å². The van der Waals surface area contributed by atoms with Gasteiger partial charge in [0.05, 0.1) is 0 Å². The third-order valence-electron chi connectivity index (χ3n) is 5.97. The van der Waals surface area contributed by atoms with Crippen LogP contribution in [-0.2, 0) is 22.7 Å². The number of hydrogen-bond acceptors (Lipinski definition) is 3. The molecule has 0 unspecified atom stereocenters. The first kappa shape index (κ1) is 23.1. The lowest BCUT2D eigenvalue weighted by Gasteiger charge is -2.31. The van der Waals surface area contributed by atoms with E-state index in [1.54, 1.807) is 0 Å². The molecule has 5 heteroatoms. The summed E-state index contributed by atoms with van der Waals surface area (Å²) in [6.45, 7) is 4.59. The van der Waals surface area contributed by atoms with Gasteiger partial charge in [0, 0.05) is 41.5 Å². The lowest BCUT2D eigenvalue weighted by molar-refractivity contribution is -0.118. The molecule has 34 heavy (non-hydrogen) atoms. The van der Waals surface area contributed by atoms with Crippen molar-refractivity contribution in [2.45, 2.75) is 32.9 Å². The first-order valence-corrected chi connectivity index (χ1v) is 11.4. The molecule has 0 bridgehead atoms. The number of hydrogen-bond donors (Lipinski definition) is 3. The Morgan fingerprint density at radius 2 is 1.03 bits per heavy atom. The molecule has 0 aromatic heterocycles. The Hall–Kier alpha value is -4.12. The molecule has 5 nitrogen and oxygen atoms in total. The lowest BCUT2D eigenvalue weighted by atomic mass is 9.79. The van der Waals surface area contributed by atoms with E-state index in [0.29, 0.717) is 24.2 Å². The van der Waals surface area contributed by atoms with E-state index < -0.39 is 5.92 Å². The fourth-order valence-electron chi connectivity index (χ4n) is 4.32. The maximum atomic E-state index is 13.5. The highest BCUT2D eigenvalue weighted by molar-refractivity contribution is 6.03. The van der Waals surface area contributed by atoms with Crippen LogP contribution in [0.5, 0.6) is 0 Å². The number of benzene rings is 3. The van der Waals surface area contributed by atoms with Crippen LogP contribution in [0.4, 0.5) is 0 Å². The molecule has 4 rings (SSSR count). The Labute approximate surface area is 200 Å². The van der Waals surface area contributed by atoms with Crippen molar-refractivity contribution in [2.75, 3.05) is 0 Å². The summed E-state index contributed by atoms with van der Waals surface area (Å²) in [5, 5.41) is 9.35. The monoisotopic (exact) mass is 451 g/mol. The van der Waals surface area contributed by atoms with Crippen molar-refractivity contribution >= 4 is 11.8 Å². The quantitative estimate of drug-likeness (QED) is 0.493. The summed E-state index contributed by atoms with van der Waals surface area (Å²) in [4.78, 5) is 26.9. The van der Waals surface area contributed by atoms with Gasteiger partial charge in [0.15, 0.2) is 0 Å². The van der Waals surface area contributed by atoms with Crippen LogP contribution >= 0.6 is 0 Å². The minimum atomic E-state index is -0.478. The maximum Gasteiger partial charge on any atom is 0.250 e. The second-order valence-corrected chi connectivity index (χ2v) is 8.38. The second kappa shape index (κ2) is 10.7. The first-order chi connectivity index (χ1) is 16.5. The smallest absolute Gasteiger partial charge is 0.250 e. The number of nitrogens with one attached hydrogen (secondary N) is 3. The number of rotatable bonds is 7. The van der Waals surface area contributed by atoms with E-state index in [9.17, 15) is 9.59 Å². The van der Waals surface area contributed by atoms with Crippen LogP contribution in [-0.4, -0.2) is 11.8 Å².